The summed E-state index contributed by atoms with van der Waals surface area (Å²) in [6.07, 6.45) is 1.79. The topological polar surface area (TPSA) is 67.2 Å². The first-order chi connectivity index (χ1) is 11.0. The van der Waals surface area contributed by atoms with Gasteiger partial charge in [-0.05, 0) is 19.1 Å². The molecule has 2 heterocycles. The van der Waals surface area contributed by atoms with E-state index < -0.39 is 5.82 Å². The van der Waals surface area contributed by atoms with Crippen LogP contribution in [0.1, 0.15) is 22.5 Å². The fourth-order valence-corrected chi connectivity index (χ4v) is 2.79. The molecule has 7 heteroatoms. The summed E-state index contributed by atoms with van der Waals surface area (Å²) in [4.78, 5) is 25.8. The van der Waals surface area contributed by atoms with Crippen molar-refractivity contribution in [3.63, 3.8) is 0 Å². The largest absolute Gasteiger partial charge is 0.347 e. The van der Waals surface area contributed by atoms with Crippen molar-refractivity contribution < 1.29 is 14.0 Å². The van der Waals surface area contributed by atoms with Crippen LogP contribution in [-0.2, 0) is 11.8 Å². The maximum absolute atomic E-state index is 13.8. The van der Waals surface area contributed by atoms with Gasteiger partial charge in [-0.15, -0.1) is 0 Å². The summed E-state index contributed by atoms with van der Waals surface area (Å²) in [7, 11) is 1.74. The molecule has 0 spiro atoms. The van der Waals surface area contributed by atoms with E-state index in [9.17, 15) is 14.0 Å². The number of nitrogens with zero attached hydrogens (tertiary/aromatic N) is 3. The van der Waals surface area contributed by atoms with Gasteiger partial charge in [0.25, 0.3) is 5.91 Å². The van der Waals surface area contributed by atoms with E-state index in [1.165, 1.54) is 11.0 Å². The maximum atomic E-state index is 13.8. The number of hydrogen-bond acceptors (Lipinski definition) is 3. The number of amides is 2. The minimum absolute atomic E-state index is 0.152. The lowest BCUT2D eigenvalue weighted by Gasteiger charge is -2.17. The van der Waals surface area contributed by atoms with E-state index in [1.807, 2.05) is 0 Å². The van der Waals surface area contributed by atoms with Crippen molar-refractivity contribution in [2.75, 3.05) is 11.4 Å². The number of aryl methyl sites for hydroxylation is 2. The molecule has 1 saturated heterocycles. The van der Waals surface area contributed by atoms with Crippen LogP contribution in [0.5, 0.6) is 0 Å². The van der Waals surface area contributed by atoms with E-state index in [4.69, 9.17) is 0 Å². The van der Waals surface area contributed by atoms with Gasteiger partial charge in [-0.1, -0.05) is 12.1 Å². The number of halogens is 1. The van der Waals surface area contributed by atoms with Crippen LogP contribution in [0.4, 0.5) is 10.1 Å². The van der Waals surface area contributed by atoms with E-state index in [2.05, 4.69) is 10.4 Å². The first-order valence-electron chi connectivity index (χ1n) is 7.31. The first-order valence-corrected chi connectivity index (χ1v) is 7.31. The minimum Gasteiger partial charge on any atom is -0.347 e. The predicted molar refractivity (Wildman–Crippen MR) is 82.6 cm³/mol. The Morgan fingerprint density at radius 1 is 1.39 bits per heavy atom. The molecule has 1 atom stereocenters. The molecule has 2 amide bonds. The highest BCUT2D eigenvalue weighted by Gasteiger charge is 2.33. The van der Waals surface area contributed by atoms with Gasteiger partial charge in [0, 0.05) is 26.2 Å². The molecular formula is C16H17FN4O2. The highest BCUT2D eigenvalue weighted by molar-refractivity contribution is 5.99. The van der Waals surface area contributed by atoms with Gasteiger partial charge < -0.3 is 10.2 Å². The first kappa shape index (κ1) is 15.2. The van der Waals surface area contributed by atoms with Crippen molar-refractivity contribution in [2.24, 2.45) is 7.05 Å². The van der Waals surface area contributed by atoms with Crippen LogP contribution >= 0.6 is 0 Å². The van der Waals surface area contributed by atoms with Crippen molar-refractivity contribution in [3.05, 3.63) is 47.5 Å². The van der Waals surface area contributed by atoms with E-state index in [-0.39, 0.29) is 36.5 Å². The Balaban J connectivity index is 1.72. The molecule has 1 aliphatic heterocycles. The van der Waals surface area contributed by atoms with Crippen molar-refractivity contribution in [2.45, 2.75) is 19.4 Å². The van der Waals surface area contributed by atoms with Crippen LogP contribution in [-0.4, -0.2) is 34.2 Å². The van der Waals surface area contributed by atoms with Gasteiger partial charge in [-0.2, -0.15) is 5.10 Å². The Kier molecular flexibility index (Phi) is 3.85. The van der Waals surface area contributed by atoms with E-state index in [0.717, 1.165) is 0 Å². The highest BCUT2D eigenvalue weighted by Crippen LogP contribution is 2.24. The second-order valence-electron chi connectivity index (χ2n) is 5.63. The molecule has 120 valence electrons. The molecule has 23 heavy (non-hydrogen) atoms. The number of hydrogen-bond donors (Lipinski definition) is 1. The van der Waals surface area contributed by atoms with Gasteiger partial charge in [0.1, 0.15) is 5.82 Å². The fourth-order valence-electron chi connectivity index (χ4n) is 2.79. The summed E-state index contributed by atoms with van der Waals surface area (Å²) >= 11 is 0. The third-order valence-corrected chi connectivity index (χ3v) is 3.86. The zero-order valence-electron chi connectivity index (χ0n) is 12.9. The fraction of sp³-hybridized carbons (Fsp3) is 0.312. The van der Waals surface area contributed by atoms with Crippen LogP contribution in [0.2, 0.25) is 0 Å². The highest BCUT2D eigenvalue weighted by atomic mass is 19.1. The van der Waals surface area contributed by atoms with E-state index in [0.29, 0.717) is 11.3 Å². The van der Waals surface area contributed by atoms with Gasteiger partial charge in [-0.25, -0.2) is 4.39 Å². The molecule has 2 aromatic rings. The molecule has 1 unspecified atom stereocenters. The molecule has 1 aromatic heterocycles. The molecule has 1 aliphatic rings. The van der Waals surface area contributed by atoms with Gasteiger partial charge in [0.2, 0.25) is 5.91 Å². The Hall–Kier alpha value is -2.70. The molecule has 1 fully saturated rings. The zero-order valence-corrected chi connectivity index (χ0v) is 12.9. The lowest BCUT2D eigenvalue weighted by molar-refractivity contribution is -0.117. The lowest BCUT2D eigenvalue weighted by Crippen LogP contribution is -2.37. The second-order valence-corrected chi connectivity index (χ2v) is 5.63. The lowest BCUT2D eigenvalue weighted by atomic mass is 10.2. The third-order valence-electron chi connectivity index (χ3n) is 3.86. The van der Waals surface area contributed by atoms with Crippen LogP contribution in [0.25, 0.3) is 0 Å². The van der Waals surface area contributed by atoms with Gasteiger partial charge >= 0.3 is 0 Å². The maximum Gasteiger partial charge on any atom is 0.255 e. The molecular weight excluding hydrogens is 299 g/mol. The summed E-state index contributed by atoms with van der Waals surface area (Å²) in [5, 5.41) is 6.95. The second kappa shape index (κ2) is 5.83. The summed E-state index contributed by atoms with van der Waals surface area (Å²) in [5.41, 5.74) is 1.34. The summed E-state index contributed by atoms with van der Waals surface area (Å²) in [6, 6.07) is 5.77. The van der Waals surface area contributed by atoms with E-state index in [1.54, 1.807) is 43.0 Å². The van der Waals surface area contributed by atoms with Crippen LogP contribution < -0.4 is 10.2 Å². The molecule has 1 aromatic carbocycles. The molecule has 0 saturated carbocycles. The molecule has 0 aliphatic carbocycles. The summed E-state index contributed by atoms with van der Waals surface area (Å²) < 4.78 is 15.4. The van der Waals surface area contributed by atoms with Crippen molar-refractivity contribution in [1.29, 1.82) is 0 Å². The molecule has 0 radical (unpaired) electrons. The average Bonchev–Trinajstić information content (AvgIpc) is 3.01. The van der Waals surface area contributed by atoms with Gasteiger partial charge in [-0.3, -0.25) is 14.3 Å². The van der Waals surface area contributed by atoms with Crippen molar-refractivity contribution in [1.82, 2.24) is 15.1 Å². The standard InChI is InChI=1S/C16H17FN4O2/c1-10-12(9-20(2)19-10)16(23)18-11-7-15(22)21(8-11)14-6-4-3-5-13(14)17/h3-6,9,11H,7-8H2,1-2H3,(H,18,23). The smallest absolute Gasteiger partial charge is 0.255 e. The zero-order chi connectivity index (χ0) is 16.6. The Morgan fingerprint density at radius 2 is 2.13 bits per heavy atom. The number of carbonyl (C=O) groups excluding carboxylic acids is 2. The summed E-state index contributed by atoms with van der Waals surface area (Å²) in [6.45, 7) is 2.01. The van der Waals surface area contributed by atoms with Crippen LogP contribution in [0.15, 0.2) is 30.5 Å². The Labute approximate surface area is 132 Å². The number of aromatic nitrogens is 2. The number of nitrogens with one attached hydrogen (secondary N) is 1. The molecule has 3 rings (SSSR count). The number of benzene rings is 1. The average molecular weight is 316 g/mol. The third kappa shape index (κ3) is 2.94. The predicted octanol–water partition coefficient (Wildman–Crippen LogP) is 1.40. The number of carbonyl (C=O) groups is 2. The number of para-hydroxylation sites is 1. The van der Waals surface area contributed by atoms with Gasteiger partial charge in [0.15, 0.2) is 0 Å². The quantitative estimate of drug-likeness (QED) is 0.931. The Bertz CT molecular complexity index is 771. The van der Waals surface area contributed by atoms with Crippen molar-refractivity contribution in [3.8, 4) is 0 Å². The Morgan fingerprint density at radius 3 is 2.78 bits per heavy atom. The monoisotopic (exact) mass is 316 g/mol. The van der Waals surface area contributed by atoms with Crippen LogP contribution in [0, 0.1) is 12.7 Å². The molecule has 6 nitrogen and oxygen atoms in total. The van der Waals surface area contributed by atoms with E-state index >= 15 is 0 Å². The van der Waals surface area contributed by atoms with Crippen molar-refractivity contribution >= 4 is 17.5 Å². The normalized spacial score (nSPS) is 17.6. The SMILES string of the molecule is Cc1nn(C)cc1C(=O)NC1CC(=O)N(c2ccccc2F)C1. The number of rotatable bonds is 3. The van der Waals surface area contributed by atoms with Gasteiger partial charge in [0.05, 0.1) is 23.0 Å². The summed E-state index contributed by atoms with van der Waals surface area (Å²) in [5.74, 6) is -0.928. The number of anilines is 1. The molecule has 0 bridgehead atoms. The molecule has 1 N–H and O–H groups in total. The van der Waals surface area contributed by atoms with Crippen LogP contribution in [0.3, 0.4) is 0 Å². The minimum atomic E-state index is -0.448.